The molecule has 152 valence electrons. The van der Waals surface area contributed by atoms with Crippen molar-refractivity contribution in [2.24, 2.45) is 5.92 Å². The van der Waals surface area contributed by atoms with Crippen LogP contribution in [0, 0.1) is 11.7 Å². The fraction of sp³-hybridized carbons (Fsp3) is 0.524. The molecule has 1 aromatic carbocycles. The van der Waals surface area contributed by atoms with Gasteiger partial charge in [0, 0.05) is 31.9 Å². The number of morpholine rings is 1. The van der Waals surface area contributed by atoms with Crippen LogP contribution in [0.15, 0.2) is 36.5 Å². The molecule has 0 spiro atoms. The Morgan fingerprint density at radius 2 is 1.86 bits per heavy atom. The van der Waals surface area contributed by atoms with Gasteiger partial charge in [-0.2, -0.15) is 5.10 Å². The van der Waals surface area contributed by atoms with Crippen molar-refractivity contribution in [3.63, 3.8) is 0 Å². The van der Waals surface area contributed by atoms with Gasteiger partial charge in [0.25, 0.3) is 5.91 Å². The third-order valence-corrected chi connectivity index (χ3v) is 5.49. The van der Waals surface area contributed by atoms with E-state index < -0.39 is 0 Å². The topological polar surface area (TPSA) is 59.4 Å². The zero-order chi connectivity index (χ0) is 19.9. The van der Waals surface area contributed by atoms with Crippen LogP contribution in [0.2, 0.25) is 0 Å². The highest BCUT2D eigenvalue weighted by Crippen LogP contribution is 2.19. The highest BCUT2D eigenvalue weighted by molar-refractivity contribution is 5.92. The summed E-state index contributed by atoms with van der Waals surface area (Å²) >= 11 is 0. The third-order valence-electron chi connectivity index (χ3n) is 5.49. The van der Waals surface area contributed by atoms with Gasteiger partial charge in [0.15, 0.2) is 5.69 Å². The van der Waals surface area contributed by atoms with Crippen LogP contribution >= 0.6 is 0 Å². The van der Waals surface area contributed by atoms with E-state index in [1.54, 1.807) is 29.1 Å². The lowest BCUT2D eigenvalue weighted by Gasteiger charge is -2.38. The van der Waals surface area contributed by atoms with E-state index >= 15 is 0 Å². The molecule has 7 heteroatoms. The normalized spacial score (nSPS) is 16.3. The molecule has 1 atom stereocenters. The number of halogens is 1. The maximum Gasteiger partial charge on any atom is 0.271 e. The summed E-state index contributed by atoms with van der Waals surface area (Å²) < 4.78 is 20.1. The molecule has 0 saturated carbocycles. The second-order valence-electron chi connectivity index (χ2n) is 7.12. The number of aromatic nitrogens is 2. The Balaban J connectivity index is 1.64. The number of carbonyl (C=O) groups excluding carboxylic acids is 1. The average Bonchev–Trinajstić information content (AvgIpc) is 3.22. The molecule has 1 aliphatic rings. The number of nitrogens with one attached hydrogen (secondary N) is 1. The predicted molar refractivity (Wildman–Crippen MR) is 106 cm³/mol. The number of nitrogens with zero attached hydrogens (tertiary/aromatic N) is 3. The Hall–Kier alpha value is -2.25. The Bertz CT molecular complexity index is 752. The molecular formula is C21H29FN4O2. The van der Waals surface area contributed by atoms with Crippen LogP contribution in [-0.4, -0.2) is 59.5 Å². The van der Waals surface area contributed by atoms with Crippen LogP contribution in [0.4, 0.5) is 4.39 Å². The van der Waals surface area contributed by atoms with Crippen LogP contribution in [0.3, 0.4) is 0 Å². The number of hydrogen-bond donors (Lipinski definition) is 1. The van der Waals surface area contributed by atoms with E-state index in [1.165, 1.54) is 12.1 Å². The lowest BCUT2D eigenvalue weighted by molar-refractivity contribution is 0.00190. The van der Waals surface area contributed by atoms with E-state index in [4.69, 9.17) is 4.74 Å². The van der Waals surface area contributed by atoms with Gasteiger partial charge < -0.3 is 10.1 Å². The van der Waals surface area contributed by atoms with E-state index in [9.17, 15) is 9.18 Å². The lowest BCUT2D eigenvalue weighted by Crippen LogP contribution is -2.52. The summed E-state index contributed by atoms with van der Waals surface area (Å²) in [7, 11) is 0. The van der Waals surface area contributed by atoms with Crippen molar-refractivity contribution in [3.8, 4) is 5.69 Å². The van der Waals surface area contributed by atoms with Gasteiger partial charge in [0.2, 0.25) is 0 Å². The Morgan fingerprint density at radius 3 is 2.50 bits per heavy atom. The zero-order valence-corrected chi connectivity index (χ0v) is 16.6. The maximum atomic E-state index is 13.1. The minimum Gasteiger partial charge on any atom is -0.379 e. The standard InChI is InChI=1S/C21H29FN4O2/c1-3-16(4-2)20(25-11-13-28-14-12-25)15-23-21(27)19-9-10-26(24-19)18-7-5-17(22)6-8-18/h5-10,16,20H,3-4,11-15H2,1-2H3,(H,23,27). The Kier molecular flexibility index (Phi) is 7.17. The highest BCUT2D eigenvalue weighted by atomic mass is 19.1. The molecule has 2 heterocycles. The fourth-order valence-electron chi connectivity index (χ4n) is 3.81. The van der Waals surface area contributed by atoms with E-state index in [-0.39, 0.29) is 11.7 Å². The van der Waals surface area contributed by atoms with Crippen molar-refractivity contribution in [2.75, 3.05) is 32.8 Å². The van der Waals surface area contributed by atoms with Crippen molar-refractivity contribution < 1.29 is 13.9 Å². The molecule has 1 fully saturated rings. The van der Waals surface area contributed by atoms with E-state index in [1.807, 2.05) is 0 Å². The summed E-state index contributed by atoms with van der Waals surface area (Å²) in [5.74, 6) is 0.0321. The van der Waals surface area contributed by atoms with Crippen LogP contribution < -0.4 is 5.32 Å². The summed E-state index contributed by atoms with van der Waals surface area (Å²) in [6.45, 7) is 8.28. The van der Waals surface area contributed by atoms with Gasteiger partial charge in [0.05, 0.1) is 18.9 Å². The van der Waals surface area contributed by atoms with Crippen LogP contribution in [0.25, 0.3) is 5.69 Å². The number of hydrogen-bond acceptors (Lipinski definition) is 4. The Labute approximate surface area is 165 Å². The van der Waals surface area contributed by atoms with Gasteiger partial charge in [0.1, 0.15) is 5.82 Å². The molecule has 1 amide bonds. The first-order valence-corrected chi connectivity index (χ1v) is 10.0. The number of carbonyl (C=O) groups is 1. The van der Waals surface area contributed by atoms with Crippen LogP contribution in [0.5, 0.6) is 0 Å². The van der Waals surface area contributed by atoms with Gasteiger partial charge >= 0.3 is 0 Å². The minimum absolute atomic E-state index is 0.190. The molecule has 1 unspecified atom stereocenters. The summed E-state index contributed by atoms with van der Waals surface area (Å²) in [5.41, 5.74) is 1.07. The highest BCUT2D eigenvalue weighted by Gasteiger charge is 2.27. The van der Waals surface area contributed by atoms with E-state index in [0.29, 0.717) is 29.9 Å². The molecule has 2 aromatic rings. The van der Waals surface area contributed by atoms with Crippen molar-refractivity contribution in [3.05, 3.63) is 48.0 Å². The van der Waals surface area contributed by atoms with Gasteiger partial charge in [-0.25, -0.2) is 9.07 Å². The fourth-order valence-corrected chi connectivity index (χ4v) is 3.81. The lowest BCUT2D eigenvalue weighted by atomic mass is 9.92. The van der Waals surface area contributed by atoms with Crippen LogP contribution in [-0.2, 0) is 4.74 Å². The zero-order valence-electron chi connectivity index (χ0n) is 16.6. The number of rotatable bonds is 8. The molecule has 0 bridgehead atoms. The van der Waals surface area contributed by atoms with Gasteiger partial charge in [-0.3, -0.25) is 9.69 Å². The first-order chi connectivity index (χ1) is 13.6. The smallest absolute Gasteiger partial charge is 0.271 e. The van der Waals surface area contributed by atoms with E-state index in [0.717, 1.165) is 39.1 Å². The van der Waals surface area contributed by atoms with Gasteiger partial charge in [-0.05, 0) is 36.2 Å². The molecule has 1 saturated heterocycles. The maximum absolute atomic E-state index is 13.1. The first-order valence-electron chi connectivity index (χ1n) is 10.0. The van der Waals surface area contributed by atoms with Crippen molar-refractivity contribution in [2.45, 2.75) is 32.7 Å². The van der Waals surface area contributed by atoms with Gasteiger partial charge in [-0.1, -0.05) is 26.7 Å². The number of benzene rings is 1. The van der Waals surface area contributed by atoms with E-state index in [2.05, 4.69) is 29.2 Å². The molecule has 28 heavy (non-hydrogen) atoms. The average molecular weight is 388 g/mol. The monoisotopic (exact) mass is 388 g/mol. The molecule has 0 aliphatic carbocycles. The van der Waals surface area contributed by atoms with Crippen molar-refractivity contribution in [1.29, 1.82) is 0 Å². The largest absolute Gasteiger partial charge is 0.379 e. The summed E-state index contributed by atoms with van der Waals surface area (Å²) in [4.78, 5) is 15.1. The Morgan fingerprint density at radius 1 is 1.18 bits per heavy atom. The molecule has 1 N–H and O–H groups in total. The summed E-state index contributed by atoms with van der Waals surface area (Å²) in [6.07, 6.45) is 3.86. The molecule has 6 nitrogen and oxygen atoms in total. The van der Waals surface area contributed by atoms with Gasteiger partial charge in [-0.15, -0.1) is 0 Å². The molecular weight excluding hydrogens is 359 g/mol. The van der Waals surface area contributed by atoms with Crippen molar-refractivity contribution in [1.82, 2.24) is 20.0 Å². The quantitative estimate of drug-likeness (QED) is 0.756. The second-order valence-corrected chi connectivity index (χ2v) is 7.12. The molecule has 0 radical (unpaired) electrons. The number of ether oxygens (including phenoxy) is 1. The molecule has 1 aromatic heterocycles. The second kappa shape index (κ2) is 9.80. The number of amides is 1. The van der Waals surface area contributed by atoms with Crippen molar-refractivity contribution >= 4 is 5.91 Å². The minimum atomic E-state index is -0.301. The summed E-state index contributed by atoms with van der Waals surface area (Å²) in [5, 5.41) is 7.40. The predicted octanol–water partition coefficient (Wildman–Crippen LogP) is 2.88. The van der Waals surface area contributed by atoms with Crippen LogP contribution in [0.1, 0.15) is 37.2 Å². The first kappa shape index (κ1) is 20.5. The molecule has 1 aliphatic heterocycles. The SMILES string of the molecule is CCC(CC)C(CNC(=O)c1ccn(-c2ccc(F)cc2)n1)N1CCOCC1. The molecule has 3 rings (SSSR count). The summed E-state index contributed by atoms with van der Waals surface area (Å²) in [6, 6.07) is 7.98. The third kappa shape index (κ3) is 4.97.